The van der Waals surface area contributed by atoms with Crippen LogP contribution in [0.2, 0.25) is 0 Å². The summed E-state index contributed by atoms with van der Waals surface area (Å²) in [5.41, 5.74) is 0. The van der Waals surface area contributed by atoms with Gasteiger partial charge in [0, 0.05) is 0 Å². The van der Waals surface area contributed by atoms with Crippen LogP contribution in [0.3, 0.4) is 0 Å². The molecule has 0 aliphatic heterocycles. The number of esters is 1. The second-order valence-corrected chi connectivity index (χ2v) is 12.1. The van der Waals surface area contributed by atoms with Crippen LogP contribution in [0.5, 0.6) is 0 Å². The quantitative estimate of drug-likeness (QED) is 0.0501. The summed E-state index contributed by atoms with van der Waals surface area (Å²) in [7, 11) is 0. The first-order chi connectivity index (χ1) is 19.6. The molecule has 0 aliphatic carbocycles. The van der Waals surface area contributed by atoms with Crippen molar-refractivity contribution in [3.63, 3.8) is 0 Å². The van der Waals surface area contributed by atoms with Gasteiger partial charge in [-0.2, -0.15) is 0 Å². The van der Waals surface area contributed by atoms with E-state index in [0.717, 1.165) is 19.3 Å². The number of rotatable bonds is 32. The number of carbonyl (C=O) groups excluding carboxylic acids is 1. The van der Waals surface area contributed by atoms with Gasteiger partial charge in [-0.15, -0.1) is 0 Å². The smallest absolute Gasteiger partial charge is 0.309 e. The molecule has 0 aliphatic rings. The largest absolute Gasteiger partial charge is 0.481 e. The van der Waals surface area contributed by atoms with Gasteiger partial charge in [-0.1, -0.05) is 167 Å². The van der Waals surface area contributed by atoms with E-state index in [9.17, 15) is 9.59 Å². The zero-order valence-corrected chi connectivity index (χ0v) is 26.9. The van der Waals surface area contributed by atoms with Crippen LogP contribution in [0.15, 0.2) is 12.2 Å². The van der Waals surface area contributed by atoms with E-state index in [-0.39, 0.29) is 12.4 Å². The molecule has 0 amide bonds. The second-order valence-electron chi connectivity index (χ2n) is 12.1. The molecule has 0 heterocycles. The zero-order chi connectivity index (χ0) is 29.4. The average Bonchev–Trinajstić information content (AvgIpc) is 2.94. The first-order valence-corrected chi connectivity index (χ1v) is 17.6. The Balaban J connectivity index is 3.30. The number of carboxylic acid groups (broad SMARTS) is 1. The van der Waals surface area contributed by atoms with Gasteiger partial charge in [0.2, 0.25) is 0 Å². The summed E-state index contributed by atoms with van der Waals surface area (Å²) in [6.45, 7) is 4.53. The molecule has 1 N–H and O–H groups in total. The Bertz CT molecular complexity index is 571. The van der Waals surface area contributed by atoms with E-state index in [1.165, 1.54) is 148 Å². The topological polar surface area (TPSA) is 63.6 Å². The third-order valence-electron chi connectivity index (χ3n) is 8.03. The number of hydrogen-bond donors (Lipinski definition) is 1. The fourth-order valence-electron chi connectivity index (χ4n) is 5.48. The van der Waals surface area contributed by atoms with Crippen LogP contribution in [0.25, 0.3) is 0 Å². The monoisotopic (exact) mass is 565 g/mol. The highest BCUT2D eigenvalue weighted by Gasteiger charge is 2.22. The highest BCUT2D eigenvalue weighted by atomic mass is 16.5. The van der Waals surface area contributed by atoms with E-state index < -0.39 is 11.9 Å². The molecule has 0 aromatic rings. The molecule has 0 spiro atoms. The van der Waals surface area contributed by atoms with E-state index in [4.69, 9.17) is 9.84 Å². The summed E-state index contributed by atoms with van der Waals surface area (Å²) >= 11 is 0. The Kier molecular flexibility index (Phi) is 31.1. The Morgan fingerprint density at radius 3 is 1.30 bits per heavy atom. The molecule has 1 atom stereocenters. The molecule has 0 saturated heterocycles. The summed E-state index contributed by atoms with van der Waals surface area (Å²) in [5.74, 6) is -1.73. The Morgan fingerprint density at radius 1 is 0.575 bits per heavy atom. The minimum Gasteiger partial charge on any atom is -0.481 e. The van der Waals surface area contributed by atoms with Gasteiger partial charge in [0.1, 0.15) is 0 Å². The van der Waals surface area contributed by atoms with Gasteiger partial charge in [0.05, 0.1) is 18.9 Å². The number of carbonyl (C=O) groups is 2. The normalized spacial score (nSPS) is 12.2. The van der Waals surface area contributed by atoms with Crippen molar-refractivity contribution >= 4 is 11.9 Å². The third-order valence-corrected chi connectivity index (χ3v) is 8.03. The summed E-state index contributed by atoms with van der Waals surface area (Å²) in [5, 5.41) is 9.05. The fraction of sp³-hybridized carbons (Fsp3) is 0.889. The van der Waals surface area contributed by atoms with Crippen molar-refractivity contribution in [2.24, 2.45) is 5.92 Å². The van der Waals surface area contributed by atoms with Gasteiger partial charge in [0.15, 0.2) is 0 Å². The maximum atomic E-state index is 12.0. The van der Waals surface area contributed by atoms with E-state index >= 15 is 0 Å². The lowest BCUT2D eigenvalue weighted by Crippen LogP contribution is -2.21. The van der Waals surface area contributed by atoms with Gasteiger partial charge >= 0.3 is 11.9 Å². The Morgan fingerprint density at radius 2 is 0.950 bits per heavy atom. The van der Waals surface area contributed by atoms with Crippen molar-refractivity contribution in [2.45, 2.75) is 194 Å². The molecule has 4 nitrogen and oxygen atoms in total. The molecule has 0 rings (SSSR count). The molecule has 0 saturated carbocycles. The highest BCUT2D eigenvalue weighted by molar-refractivity contribution is 5.79. The first kappa shape index (κ1) is 38.7. The van der Waals surface area contributed by atoms with E-state index in [0.29, 0.717) is 13.0 Å². The van der Waals surface area contributed by atoms with Crippen molar-refractivity contribution in [1.82, 2.24) is 0 Å². The number of ether oxygens (including phenoxy) is 1. The second kappa shape index (κ2) is 32.2. The van der Waals surface area contributed by atoms with Gasteiger partial charge in [-0.25, -0.2) is 0 Å². The molecular formula is C36H68O4. The Labute approximate surface area is 249 Å². The van der Waals surface area contributed by atoms with Crippen molar-refractivity contribution in [3.05, 3.63) is 12.2 Å². The zero-order valence-electron chi connectivity index (χ0n) is 26.9. The molecular weight excluding hydrogens is 496 g/mol. The molecule has 0 aromatic heterocycles. The van der Waals surface area contributed by atoms with Crippen molar-refractivity contribution in [3.8, 4) is 0 Å². The standard InChI is InChI=1S/C36H68O4/c1-3-5-6-7-8-9-10-11-12-13-14-15-16-17-18-19-20-21-22-23-24-25-26-27-28-29-30-31-34(33-35(37)38)36(39)40-32-4-2/h5-6,34H,3-4,7-33H2,1-2H3,(H,37,38)/b6-5+. The minimum atomic E-state index is -0.915. The molecule has 40 heavy (non-hydrogen) atoms. The van der Waals surface area contributed by atoms with E-state index in [1.807, 2.05) is 6.92 Å². The molecule has 1 unspecified atom stereocenters. The lowest BCUT2D eigenvalue weighted by atomic mass is 9.97. The van der Waals surface area contributed by atoms with Crippen LogP contribution in [0.1, 0.15) is 194 Å². The molecule has 0 radical (unpaired) electrons. The summed E-state index contributed by atoms with van der Waals surface area (Å²) in [6.07, 6.45) is 39.6. The van der Waals surface area contributed by atoms with Gasteiger partial charge in [0.25, 0.3) is 0 Å². The first-order valence-electron chi connectivity index (χ1n) is 17.6. The maximum Gasteiger partial charge on any atom is 0.309 e. The molecule has 0 bridgehead atoms. The summed E-state index contributed by atoms with van der Waals surface area (Å²) < 4.78 is 5.16. The minimum absolute atomic E-state index is 0.110. The third kappa shape index (κ3) is 29.7. The van der Waals surface area contributed by atoms with E-state index in [1.54, 1.807) is 0 Å². The predicted molar refractivity (Wildman–Crippen MR) is 172 cm³/mol. The van der Waals surface area contributed by atoms with Crippen LogP contribution in [0, 0.1) is 5.92 Å². The number of carboxylic acids is 1. The van der Waals surface area contributed by atoms with E-state index in [2.05, 4.69) is 19.1 Å². The van der Waals surface area contributed by atoms with Gasteiger partial charge in [-0.3, -0.25) is 9.59 Å². The maximum absolute atomic E-state index is 12.0. The van der Waals surface area contributed by atoms with Crippen molar-refractivity contribution in [2.75, 3.05) is 6.61 Å². The molecule has 236 valence electrons. The average molecular weight is 565 g/mol. The van der Waals surface area contributed by atoms with Crippen LogP contribution in [-0.2, 0) is 14.3 Å². The van der Waals surface area contributed by atoms with Crippen LogP contribution < -0.4 is 0 Å². The molecule has 0 aromatic carbocycles. The molecule has 4 heteroatoms. The summed E-state index contributed by atoms with van der Waals surface area (Å²) in [6, 6.07) is 0. The van der Waals surface area contributed by atoms with Crippen LogP contribution in [-0.4, -0.2) is 23.7 Å². The SMILES string of the molecule is CC/C=C/CCCCCCCCCCCCCCCCCCCCCCCCCC(CC(=O)O)C(=O)OCCC. The Hall–Kier alpha value is -1.32. The van der Waals surface area contributed by atoms with Gasteiger partial charge < -0.3 is 9.84 Å². The predicted octanol–water partition coefficient (Wildman–Crippen LogP) is 11.7. The summed E-state index contributed by atoms with van der Waals surface area (Å²) in [4.78, 5) is 23.1. The van der Waals surface area contributed by atoms with Crippen molar-refractivity contribution in [1.29, 1.82) is 0 Å². The van der Waals surface area contributed by atoms with Gasteiger partial charge in [-0.05, 0) is 32.1 Å². The fourth-order valence-corrected chi connectivity index (χ4v) is 5.48. The number of hydrogen-bond acceptors (Lipinski definition) is 3. The molecule has 0 fully saturated rings. The van der Waals surface area contributed by atoms with Crippen LogP contribution >= 0.6 is 0 Å². The highest BCUT2D eigenvalue weighted by Crippen LogP contribution is 2.19. The van der Waals surface area contributed by atoms with Crippen molar-refractivity contribution < 1.29 is 19.4 Å². The van der Waals surface area contributed by atoms with Crippen LogP contribution in [0.4, 0.5) is 0 Å². The lowest BCUT2D eigenvalue weighted by Gasteiger charge is -2.13. The number of aliphatic carboxylic acids is 1. The number of unbranched alkanes of at least 4 members (excludes halogenated alkanes) is 23. The number of allylic oxidation sites excluding steroid dienone is 2. The lowest BCUT2D eigenvalue weighted by molar-refractivity contribution is -0.153.